The number of nitrogens with zero attached hydrogens (tertiary/aromatic N) is 1. The van der Waals surface area contributed by atoms with Gasteiger partial charge in [-0.25, -0.2) is 0 Å². The minimum atomic E-state index is 0.280. The third-order valence-electron chi connectivity index (χ3n) is 2.45. The van der Waals surface area contributed by atoms with Crippen LogP contribution in [0, 0.1) is 5.41 Å². The first-order valence-electron chi connectivity index (χ1n) is 5.52. The van der Waals surface area contributed by atoms with Gasteiger partial charge in [-0.1, -0.05) is 13.8 Å². The van der Waals surface area contributed by atoms with Crippen LogP contribution in [0.2, 0.25) is 0 Å². The Morgan fingerprint density at radius 2 is 2.21 bits per heavy atom. The summed E-state index contributed by atoms with van der Waals surface area (Å²) in [5.74, 6) is 0. The lowest BCUT2D eigenvalue weighted by Crippen LogP contribution is -2.36. The Hall–Kier alpha value is -0.120. The molecule has 0 atom stereocenters. The van der Waals surface area contributed by atoms with E-state index in [1.54, 1.807) is 0 Å². The molecule has 0 aliphatic carbocycles. The summed E-state index contributed by atoms with van der Waals surface area (Å²) in [6.45, 7) is 13.1. The third kappa shape index (κ3) is 4.40. The molecular formula is C11H23NO2. The van der Waals surface area contributed by atoms with Crippen LogP contribution in [0.25, 0.3) is 0 Å². The highest BCUT2D eigenvalue weighted by atomic mass is 16.5. The second-order valence-electron chi connectivity index (χ2n) is 4.69. The highest BCUT2D eigenvalue weighted by molar-refractivity contribution is 4.76. The van der Waals surface area contributed by atoms with E-state index < -0.39 is 0 Å². The zero-order valence-electron chi connectivity index (χ0n) is 9.71. The average Bonchev–Trinajstić information content (AvgIpc) is 2.27. The van der Waals surface area contributed by atoms with E-state index in [2.05, 4.69) is 18.7 Å². The molecule has 0 aromatic heterocycles. The van der Waals surface area contributed by atoms with Crippen molar-refractivity contribution in [3.63, 3.8) is 0 Å². The van der Waals surface area contributed by atoms with Gasteiger partial charge in [0.2, 0.25) is 0 Å². The number of ether oxygens (including phenoxy) is 2. The summed E-state index contributed by atoms with van der Waals surface area (Å²) in [6, 6.07) is 0. The van der Waals surface area contributed by atoms with Gasteiger partial charge in [0.05, 0.1) is 19.8 Å². The van der Waals surface area contributed by atoms with Crippen molar-refractivity contribution in [3.8, 4) is 0 Å². The Labute approximate surface area is 87.4 Å². The Bertz CT molecular complexity index is 159. The highest BCUT2D eigenvalue weighted by Crippen LogP contribution is 2.19. The second-order valence-corrected chi connectivity index (χ2v) is 4.69. The predicted octanol–water partition coefficient (Wildman–Crippen LogP) is 1.38. The zero-order valence-corrected chi connectivity index (χ0v) is 9.71. The Morgan fingerprint density at radius 1 is 1.43 bits per heavy atom. The quantitative estimate of drug-likeness (QED) is 0.641. The molecule has 0 aromatic rings. The smallest absolute Gasteiger partial charge is 0.0593 e. The van der Waals surface area contributed by atoms with E-state index in [9.17, 15) is 0 Å². The van der Waals surface area contributed by atoms with Crippen molar-refractivity contribution >= 4 is 0 Å². The molecule has 84 valence electrons. The maximum Gasteiger partial charge on any atom is 0.0593 e. The topological polar surface area (TPSA) is 21.7 Å². The maximum atomic E-state index is 5.56. The Balaban J connectivity index is 2.28. The standard InChI is InChI=1S/C11H23NO2/c1-4-13-7-5-12-6-8-14-10-11(2,3)9-12/h4-10H2,1-3H3. The van der Waals surface area contributed by atoms with Gasteiger partial charge >= 0.3 is 0 Å². The van der Waals surface area contributed by atoms with Crippen molar-refractivity contribution in [2.45, 2.75) is 20.8 Å². The molecule has 0 spiro atoms. The monoisotopic (exact) mass is 201 g/mol. The molecule has 1 aliphatic rings. The van der Waals surface area contributed by atoms with Gasteiger partial charge in [0.15, 0.2) is 0 Å². The molecule has 0 bridgehead atoms. The van der Waals surface area contributed by atoms with Crippen molar-refractivity contribution in [1.82, 2.24) is 4.90 Å². The molecule has 14 heavy (non-hydrogen) atoms. The van der Waals surface area contributed by atoms with Gasteiger partial charge in [-0.3, -0.25) is 4.90 Å². The van der Waals surface area contributed by atoms with Crippen LogP contribution in [0.4, 0.5) is 0 Å². The van der Waals surface area contributed by atoms with E-state index in [0.29, 0.717) is 0 Å². The molecule has 3 nitrogen and oxygen atoms in total. The molecule has 0 saturated carbocycles. The van der Waals surface area contributed by atoms with Crippen LogP contribution in [0.5, 0.6) is 0 Å². The SMILES string of the molecule is CCOCCN1CCOCC(C)(C)C1. The van der Waals surface area contributed by atoms with Crippen LogP contribution in [0.15, 0.2) is 0 Å². The molecule has 1 rings (SSSR count). The van der Waals surface area contributed by atoms with Crippen LogP contribution in [-0.4, -0.2) is 51.0 Å². The van der Waals surface area contributed by atoms with Crippen molar-refractivity contribution < 1.29 is 9.47 Å². The fraction of sp³-hybridized carbons (Fsp3) is 1.00. The van der Waals surface area contributed by atoms with E-state index in [1.807, 2.05) is 6.92 Å². The summed E-state index contributed by atoms with van der Waals surface area (Å²) in [4.78, 5) is 2.43. The molecule has 3 heteroatoms. The van der Waals surface area contributed by atoms with Crippen molar-refractivity contribution in [2.24, 2.45) is 5.41 Å². The fourth-order valence-corrected chi connectivity index (χ4v) is 1.80. The lowest BCUT2D eigenvalue weighted by atomic mass is 9.94. The van der Waals surface area contributed by atoms with Crippen LogP contribution in [0.3, 0.4) is 0 Å². The van der Waals surface area contributed by atoms with Crippen LogP contribution in [0.1, 0.15) is 20.8 Å². The van der Waals surface area contributed by atoms with Crippen molar-refractivity contribution in [3.05, 3.63) is 0 Å². The number of hydrogen-bond donors (Lipinski definition) is 0. The summed E-state index contributed by atoms with van der Waals surface area (Å²) >= 11 is 0. The number of hydrogen-bond acceptors (Lipinski definition) is 3. The van der Waals surface area contributed by atoms with E-state index in [-0.39, 0.29) is 5.41 Å². The highest BCUT2D eigenvalue weighted by Gasteiger charge is 2.24. The third-order valence-corrected chi connectivity index (χ3v) is 2.45. The van der Waals surface area contributed by atoms with Gasteiger partial charge in [0.25, 0.3) is 0 Å². The van der Waals surface area contributed by atoms with Gasteiger partial charge in [0, 0.05) is 31.7 Å². The second kappa shape index (κ2) is 5.69. The van der Waals surface area contributed by atoms with E-state index >= 15 is 0 Å². The van der Waals surface area contributed by atoms with Crippen LogP contribution >= 0.6 is 0 Å². The maximum absolute atomic E-state index is 5.56. The minimum absolute atomic E-state index is 0.280. The predicted molar refractivity (Wildman–Crippen MR) is 57.5 cm³/mol. The molecule has 0 aromatic carbocycles. The summed E-state index contributed by atoms with van der Waals surface area (Å²) in [5.41, 5.74) is 0.280. The first kappa shape index (κ1) is 12.0. The first-order valence-corrected chi connectivity index (χ1v) is 5.52. The molecule has 1 saturated heterocycles. The van der Waals surface area contributed by atoms with Gasteiger partial charge in [0.1, 0.15) is 0 Å². The normalized spacial score (nSPS) is 23.4. The summed E-state index contributed by atoms with van der Waals surface area (Å²) in [6.07, 6.45) is 0. The lowest BCUT2D eigenvalue weighted by molar-refractivity contribution is 0.0874. The van der Waals surface area contributed by atoms with Gasteiger partial charge < -0.3 is 9.47 Å². The van der Waals surface area contributed by atoms with Gasteiger partial charge in [-0.15, -0.1) is 0 Å². The van der Waals surface area contributed by atoms with Crippen molar-refractivity contribution in [1.29, 1.82) is 0 Å². The Morgan fingerprint density at radius 3 is 2.93 bits per heavy atom. The van der Waals surface area contributed by atoms with Crippen LogP contribution in [-0.2, 0) is 9.47 Å². The molecule has 1 aliphatic heterocycles. The fourth-order valence-electron chi connectivity index (χ4n) is 1.80. The molecule has 0 N–H and O–H groups in total. The largest absolute Gasteiger partial charge is 0.380 e. The summed E-state index contributed by atoms with van der Waals surface area (Å²) < 4.78 is 10.9. The molecule has 1 heterocycles. The molecule has 0 unspecified atom stereocenters. The molecular weight excluding hydrogens is 178 g/mol. The van der Waals surface area contributed by atoms with Crippen molar-refractivity contribution in [2.75, 3.05) is 46.1 Å². The lowest BCUT2D eigenvalue weighted by Gasteiger charge is -2.28. The zero-order chi connectivity index (χ0) is 10.4. The molecule has 1 fully saturated rings. The van der Waals surface area contributed by atoms with Crippen LogP contribution < -0.4 is 0 Å². The summed E-state index contributed by atoms with van der Waals surface area (Å²) in [7, 11) is 0. The van der Waals surface area contributed by atoms with E-state index in [0.717, 1.165) is 46.1 Å². The van der Waals surface area contributed by atoms with Gasteiger partial charge in [-0.05, 0) is 6.92 Å². The van der Waals surface area contributed by atoms with E-state index in [4.69, 9.17) is 9.47 Å². The summed E-state index contributed by atoms with van der Waals surface area (Å²) in [5, 5.41) is 0. The van der Waals surface area contributed by atoms with Gasteiger partial charge in [-0.2, -0.15) is 0 Å². The first-order chi connectivity index (χ1) is 6.64. The molecule has 0 radical (unpaired) electrons. The Kier molecular flexibility index (Phi) is 4.85. The number of rotatable bonds is 4. The van der Waals surface area contributed by atoms with E-state index in [1.165, 1.54) is 0 Å². The average molecular weight is 201 g/mol. The molecule has 0 amide bonds. The minimum Gasteiger partial charge on any atom is -0.380 e.